The summed E-state index contributed by atoms with van der Waals surface area (Å²) in [5.74, 6) is -3.20. The third kappa shape index (κ3) is 3.99. The molecule has 188 valence electrons. The Balaban J connectivity index is 1.46. The Labute approximate surface area is 209 Å². The average Bonchev–Trinajstić information content (AvgIpc) is 2.88. The van der Waals surface area contributed by atoms with Gasteiger partial charge in [-0.2, -0.15) is 0 Å². The predicted octanol–water partition coefficient (Wildman–Crippen LogP) is 4.04. The Kier molecular flexibility index (Phi) is 5.60. The third-order valence-corrected chi connectivity index (χ3v) is 6.54. The summed E-state index contributed by atoms with van der Waals surface area (Å²) in [5, 5.41) is 12.2. The molecule has 10 heteroatoms. The topological polar surface area (TPSA) is 77.9 Å². The van der Waals surface area contributed by atoms with Crippen LogP contribution in [0.4, 0.5) is 24.5 Å². The first-order chi connectivity index (χ1) is 17.9. The van der Waals surface area contributed by atoms with Crippen molar-refractivity contribution in [1.82, 2.24) is 10.4 Å². The van der Waals surface area contributed by atoms with E-state index in [4.69, 9.17) is 4.74 Å². The number of anilines is 2. The van der Waals surface area contributed by atoms with Crippen LogP contribution in [0.25, 0.3) is 22.0 Å². The molecule has 0 unspecified atom stereocenters. The number of hydrogen-bond donors (Lipinski definition) is 2. The summed E-state index contributed by atoms with van der Waals surface area (Å²) >= 11 is 0. The predicted molar refractivity (Wildman–Crippen MR) is 132 cm³/mol. The number of carbonyl (C=O) groups is 1. The van der Waals surface area contributed by atoms with Gasteiger partial charge in [-0.3, -0.25) is 20.2 Å². The van der Waals surface area contributed by atoms with Crippen LogP contribution in [-0.4, -0.2) is 48.3 Å². The van der Waals surface area contributed by atoms with Gasteiger partial charge < -0.3 is 14.7 Å². The Morgan fingerprint density at radius 1 is 1.05 bits per heavy atom. The molecule has 0 bridgehead atoms. The maximum absolute atomic E-state index is 14.7. The number of para-hydroxylation sites is 3. The van der Waals surface area contributed by atoms with Crippen LogP contribution < -0.4 is 20.1 Å². The molecule has 2 aliphatic heterocycles. The number of β-amino-alcohol motifs (C(OH)–C–C–N with tert-alkyl or cyclic N) is 1. The Hall–Kier alpha value is -4.31. The third-order valence-electron chi connectivity index (χ3n) is 6.54. The van der Waals surface area contributed by atoms with E-state index < -0.39 is 29.5 Å². The van der Waals surface area contributed by atoms with Gasteiger partial charge in [0, 0.05) is 41.9 Å². The Morgan fingerprint density at radius 2 is 1.86 bits per heavy atom. The van der Waals surface area contributed by atoms with Gasteiger partial charge in [0.25, 0.3) is 5.91 Å². The second-order valence-electron chi connectivity index (χ2n) is 8.94. The molecule has 0 aliphatic carbocycles. The highest BCUT2D eigenvalue weighted by molar-refractivity contribution is 6.10. The maximum atomic E-state index is 14.7. The zero-order valence-electron chi connectivity index (χ0n) is 19.4. The van der Waals surface area contributed by atoms with Gasteiger partial charge in [-0.25, -0.2) is 13.2 Å². The zero-order valence-corrected chi connectivity index (χ0v) is 19.4. The average molecular weight is 506 g/mol. The van der Waals surface area contributed by atoms with Gasteiger partial charge in [-0.15, -0.1) is 0 Å². The lowest BCUT2D eigenvalue weighted by Gasteiger charge is -2.39. The quantitative estimate of drug-likeness (QED) is 0.407. The molecular weight excluding hydrogens is 485 g/mol. The van der Waals surface area contributed by atoms with Gasteiger partial charge in [0.05, 0.1) is 35.1 Å². The van der Waals surface area contributed by atoms with E-state index in [-0.39, 0.29) is 35.3 Å². The highest BCUT2D eigenvalue weighted by Crippen LogP contribution is 2.38. The molecular formula is C27H21F3N4O3. The van der Waals surface area contributed by atoms with E-state index in [0.29, 0.717) is 41.7 Å². The SMILES string of the molecule is O=C(NN1CCOc2ccccc21)c1cnc2c(-c3cc(F)cc(F)c3F)cccc2c1N1CC(O)C1. The standard InChI is InChI=1S/C27H21F3N4O3/c28-15-10-19(24(30)21(29)11-15)17-4-3-5-18-25(17)31-12-20(26(18)33-13-16(35)14-33)27(36)32-34-8-9-37-23-7-2-1-6-22(23)34/h1-7,10-12,16,35H,8-9,13-14H2,(H,32,36). The fourth-order valence-electron chi connectivity index (χ4n) is 4.79. The number of aliphatic hydroxyl groups excluding tert-OH is 1. The molecule has 0 atom stereocenters. The number of fused-ring (bicyclic) bond motifs is 2. The molecule has 0 spiro atoms. The summed E-state index contributed by atoms with van der Waals surface area (Å²) < 4.78 is 48.3. The number of hydrogen-bond acceptors (Lipinski definition) is 6. The van der Waals surface area contributed by atoms with E-state index in [1.54, 1.807) is 17.1 Å². The number of rotatable bonds is 4. The molecule has 0 radical (unpaired) electrons. The van der Waals surface area contributed by atoms with Crippen LogP contribution in [0.2, 0.25) is 0 Å². The van der Waals surface area contributed by atoms with E-state index in [1.165, 1.54) is 12.3 Å². The number of aromatic nitrogens is 1. The summed E-state index contributed by atoms with van der Waals surface area (Å²) in [4.78, 5) is 19.8. The van der Waals surface area contributed by atoms with Crippen molar-refractivity contribution in [2.45, 2.75) is 6.10 Å². The van der Waals surface area contributed by atoms with Crippen LogP contribution in [0.5, 0.6) is 5.75 Å². The van der Waals surface area contributed by atoms with Crippen LogP contribution in [0, 0.1) is 17.5 Å². The minimum absolute atomic E-state index is 0.185. The number of hydrazine groups is 1. The molecule has 3 aromatic carbocycles. The summed E-state index contributed by atoms with van der Waals surface area (Å²) in [6, 6.07) is 13.6. The first kappa shape index (κ1) is 23.1. The number of pyridine rings is 1. The van der Waals surface area contributed by atoms with Crippen LogP contribution >= 0.6 is 0 Å². The number of nitrogens with one attached hydrogen (secondary N) is 1. The van der Waals surface area contributed by atoms with E-state index in [9.17, 15) is 23.1 Å². The van der Waals surface area contributed by atoms with Crippen LogP contribution in [0.15, 0.2) is 60.8 Å². The second-order valence-corrected chi connectivity index (χ2v) is 8.94. The Morgan fingerprint density at radius 3 is 2.68 bits per heavy atom. The lowest BCUT2D eigenvalue weighted by Crippen LogP contribution is -2.52. The number of halogens is 3. The van der Waals surface area contributed by atoms with E-state index in [1.807, 2.05) is 29.2 Å². The first-order valence-corrected chi connectivity index (χ1v) is 11.7. The molecule has 1 amide bonds. The minimum Gasteiger partial charge on any atom is -0.489 e. The summed E-state index contributed by atoms with van der Waals surface area (Å²) in [6.45, 7) is 1.38. The molecule has 3 heterocycles. The van der Waals surface area contributed by atoms with Gasteiger partial charge in [0.15, 0.2) is 11.6 Å². The monoisotopic (exact) mass is 506 g/mol. The van der Waals surface area contributed by atoms with Crippen molar-refractivity contribution in [3.63, 3.8) is 0 Å². The van der Waals surface area contributed by atoms with Crippen molar-refractivity contribution in [2.75, 3.05) is 36.1 Å². The normalized spacial score (nSPS) is 15.2. The van der Waals surface area contributed by atoms with Crippen LogP contribution in [0.1, 0.15) is 10.4 Å². The van der Waals surface area contributed by atoms with E-state index in [2.05, 4.69) is 10.4 Å². The number of nitrogens with zero attached hydrogens (tertiary/aromatic N) is 3. The molecule has 7 nitrogen and oxygen atoms in total. The number of aliphatic hydroxyl groups is 1. The first-order valence-electron chi connectivity index (χ1n) is 11.7. The summed E-state index contributed by atoms with van der Waals surface area (Å²) in [5.41, 5.74) is 4.54. The van der Waals surface area contributed by atoms with Gasteiger partial charge in [-0.1, -0.05) is 30.3 Å². The van der Waals surface area contributed by atoms with E-state index in [0.717, 1.165) is 6.07 Å². The summed E-state index contributed by atoms with van der Waals surface area (Å²) in [6.07, 6.45) is 0.796. The fraction of sp³-hybridized carbons (Fsp3) is 0.185. The van der Waals surface area contributed by atoms with Crippen molar-refractivity contribution in [1.29, 1.82) is 0 Å². The molecule has 6 rings (SSSR count). The lowest BCUT2D eigenvalue weighted by atomic mass is 9.97. The zero-order chi connectivity index (χ0) is 25.7. The number of carbonyl (C=O) groups excluding carboxylic acids is 1. The van der Waals surface area contributed by atoms with Crippen molar-refractivity contribution in [3.05, 3.63) is 83.8 Å². The smallest absolute Gasteiger partial charge is 0.273 e. The van der Waals surface area contributed by atoms with Gasteiger partial charge in [0.1, 0.15) is 18.2 Å². The molecule has 1 fully saturated rings. The number of ether oxygens (including phenoxy) is 1. The number of benzene rings is 3. The molecule has 1 aromatic heterocycles. The molecule has 37 heavy (non-hydrogen) atoms. The molecule has 1 saturated heterocycles. The molecule has 4 aromatic rings. The van der Waals surface area contributed by atoms with E-state index >= 15 is 0 Å². The maximum Gasteiger partial charge on any atom is 0.273 e. The summed E-state index contributed by atoms with van der Waals surface area (Å²) in [7, 11) is 0. The largest absolute Gasteiger partial charge is 0.489 e. The van der Waals surface area contributed by atoms with Crippen LogP contribution in [-0.2, 0) is 0 Å². The molecule has 2 N–H and O–H groups in total. The number of amides is 1. The molecule has 0 saturated carbocycles. The Bertz CT molecular complexity index is 1540. The highest BCUT2D eigenvalue weighted by Gasteiger charge is 2.31. The van der Waals surface area contributed by atoms with Crippen molar-refractivity contribution >= 4 is 28.2 Å². The minimum atomic E-state index is -1.31. The van der Waals surface area contributed by atoms with Crippen molar-refractivity contribution < 1.29 is 27.8 Å². The second kappa shape index (κ2) is 8.97. The van der Waals surface area contributed by atoms with Gasteiger partial charge in [-0.05, 0) is 18.2 Å². The van der Waals surface area contributed by atoms with Gasteiger partial charge in [0.2, 0.25) is 0 Å². The highest BCUT2D eigenvalue weighted by atomic mass is 19.2. The fourth-order valence-corrected chi connectivity index (χ4v) is 4.79. The van der Waals surface area contributed by atoms with Crippen molar-refractivity contribution in [2.24, 2.45) is 0 Å². The van der Waals surface area contributed by atoms with Crippen LogP contribution in [0.3, 0.4) is 0 Å². The van der Waals surface area contributed by atoms with Gasteiger partial charge >= 0.3 is 0 Å². The molecule has 2 aliphatic rings. The lowest BCUT2D eigenvalue weighted by molar-refractivity contribution is 0.0943. The van der Waals surface area contributed by atoms with Crippen molar-refractivity contribution in [3.8, 4) is 16.9 Å².